The number of aliphatic hydroxyl groups is 1. The molecule has 18 heavy (non-hydrogen) atoms. The van der Waals surface area contributed by atoms with Crippen LogP contribution in [-0.4, -0.2) is 53.8 Å². The first kappa shape index (κ1) is 13.5. The number of hydrogen-bond donors (Lipinski definition) is 2. The van der Waals surface area contributed by atoms with Crippen molar-refractivity contribution in [3.05, 3.63) is 30.1 Å². The Labute approximate surface area is 109 Å². The van der Waals surface area contributed by atoms with Crippen molar-refractivity contribution in [2.24, 2.45) is 0 Å². The lowest BCUT2D eigenvalue weighted by Gasteiger charge is -2.24. The van der Waals surface area contributed by atoms with E-state index in [-0.39, 0.29) is 6.61 Å². The highest BCUT2D eigenvalue weighted by Crippen LogP contribution is 2.08. The van der Waals surface area contributed by atoms with E-state index < -0.39 is 0 Å². The normalized spacial score (nSPS) is 19.6. The van der Waals surface area contributed by atoms with E-state index in [0.29, 0.717) is 6.04 Å². The molecule has 1 fully saturated rings. The molecule has 0 amide bonds. The van der Waals surface area contributed by atoms with E-state index in [0.717, 1.165) is 32.6 Å². The molecule has 1 aromatic rings. The Kier molecular flexibility index (Phi) is 5.58. The van der Waals surface area contributed by atoms with Crippen LogP contribution in [0.1, 0.15) is 18.4 Å². The van der Waals surface area contributed by atoms with Crippen molar-refractivity contribution in [1.29, 1.82) is 0 Å². The fourth-order valence-electron chi connectivity index (χ4n) is 2.49. The standard InChI is InChI=1S/C14H23N3O/c18-10-9-17(12-14-4-2-7-16-14)8-5-13-3-1-6-15-11-13/h1,3,6,11,14,16,18H,2,4-5,7-10,12H2. The fourth-order valence-corrected chi connectivity index (χ4v) is 2.49. The van der Waals surface area contributed by atoms with Gasteiger partial charge in [-0.15, -0.1) is 0 Å². The van der Waals surface area contributed by atoms with Crippen molar-refractivity contribution < 1.29 is 5.11 Å². The summed E-state index contributed by atoms with van der Waals surface area (Å²) in [4.78, 5) is 6.47. The van der Waals surface area contributed by atoms with Gasteiger partial charge in [0, 0.05) is 38.1 Å². The fraction of sp³-hybridized carbons (Fsp3) is 0.643. The summed E-state index contributed by atoms with van der Waals surface area (Å²) in [5, 5.41) is 12.6. The molecule has 1 aromatic heterocycles. The quantitative estimate of drug-likeness (QED) is 0.746. The van der Waals surface area contributed by atoms with Gasteiger partial charge in [-0.3, -0.25) is 9.88 Å². The summed E-state index contributed by atoms with van der Waals surface area (Å²) >= 11 is 0. The lowest BCUT2D eigenvalue weighted by molar-refractivity contribution is 0.186. The van der Waals surface area contributed by atoms with Crippen LogP contribution in [0.3, 0.4) is 0 Å². The van der Waals surface area contributed by atoms with Crippen molar-refractivity contribution in [1.82, 2.24) is 15.2 Å². The summed E-state index contributed by atoms with van der Waals surface area (Å²) in [6.07, 6.45) is 7.26. The summed E-state index contributed by atoms with van der Waals surface area (Å²) < 4.78 is 0. The predicted molar refractivity (Wildman–Crippen MR) is 72.5 cm³/mol. The summed E-state index contributed by atoms with van der Waals surface area (Å²) in [7, 11) is 0. The van der Waals surface area contributed by atoms with Crippen molar-refractivity contribution >= 4 is 0 Å². The number of pyridine rings is 1. The summed E-state index contributed by atoms with van der Waals surface area (Å²) in [6.45, 7) is 4.17. The van der Waals surface area contributed by atoms with Gasteiger partial charge < -0.3 is 10.4 Å². The van der Waals surface area contributed by atoms with Gasteiger partial charge in [-0.1, -0.05) is 6.07 Å². The molecule has 0 spiro atoms. The van der Waals surface area contributed by atoms with Crippen LogP contribution in [0.5, 0.6) is 0 Å². The van der Waals surface area contributed by atoms with Crippen molar-refractivity contribution in [3.8, 4) is 0 Å². The molecule has 0 aliphatic carbocycles. The van der Waals surface area contributed by atoms with Gasteiger partial charge >= 0.3 is 0 Å². The Bertz CT molecular complexity index is 325. The monoisotopic (exact) mass is 249 g/mol. The minimum absolute atomic E-state index is 0.236. The Morgan fingerprint density at radius 2 is 2.39 bits per heavy atom. The summed E-state index contributed by atoms with van der Waals surface area (Å²) in [5.74, 6) is 0. The molecular weight excluding hydrogens is 226 g/mol. The van der Waals surface area contributed by atoms with Crippen molar-refractivity contribution in [2.75, 3.05) is 32.8 Å². The van der Waals surface area contributed by atoms with Gasteiger partial charge in [-0.05, 0) is 37.4 Å². The van der Waals surface area contributed by atoms with E-state index >= 15 is 0 Å². The first-order valence-corrected chi connectivity index (χ1v) is 6.84. The van der Waals surface area contributed by atoms with Crippen LogP contribution in [0.25, 0.3) is 0 Å². The molecule has 1 aliphatic heterocycles. The highest BCUT2D eigenvalue weighted by atomic mass is 16.3. The average Bonchev–Trinajstić information content (AvgIpc) is 2.90. The largest absolute Gasteiger partial charge is 0.395 e. The van der Waals surface area contributed by atoms with Crippen molar-refractivity contribution in [3.63, 3.8) is 0 Å². The lowest BCUT2D eigenvalue weighted by Crippen LogP contribution is -2.40. The molecule has 1 atom stereocenters. The Morgan fingerprint density at radius 3 is 3.06 bits per heavy atom. The zero-order valence-electron chi connectivity index (χ0n) is 10.9. The zero-order valence-corrected chi connectivity index (χ0v) is 10.9. The van der Waals surface area contributed by atoms with E-state index in [1.54, 1.807) is 6.20 Å². The second-order valence-electron chi connectivity index (χ2n) is 4.93. The van der Waals surface area contributed by atoms with Crippen LogP contribution >= 0.6 is 0 Å². The molecule has 1 saturated heterocycles. The van der Waals surface area contributed by atoms with Gasteiger partial charge in [-0.2, -0.15) is 0 Å². The van der Waals surface area contributed by atoms with Gasteiger partial charge in [0.05, 0.1) is 6.61 Å². The minimum Gasteiger partial charge on any atom is -0.395 e. The maximum atomic E-state index is 9.13. The van der Waals surface area contributed by atoms with E-state index in [9.17, 15) is 0 Å². The van der Waals surface area contributed by atoms with Gasteiger partial charge in [0.1, 0.15) is 0 Å². The average molecular weight is 249 g/mol. The summed E-state index contributed by atoms with van der Waals surface area (Å²) in [5.41, 5.74) is 1.26. The Morgan fingerprint density at radius 1 is 1.44 bits per heavy atom. The van der Waals surface area contributed by atoms with Crippen LogP contribution in [0, 0.1) is 0 Å². The SMILES string of the molecule is OCCN(CCc1cccnc1)CC1CCCN1. The van der Waals surface area contributed by atoms with Crippen molar-refractivity contribution in [2.45, 2.75) is 25.3 Å². The molecule has 1 unspecified atom stereocenters. The zero-order chi connectivity index (χ0) is 12.6. The molecule has 2 N–H and O–H groups in total. The molecule has 0 bridgehead atoms. The van der Waals surface area contributed by atoms with E-state index in [2.05, 4.69) is 21.3 Å². The molecule has 0 radical (unpaired) electrons. The smallest absolute Gasteiger partial charge is 0.0558 e. The third kappa shape index (κ3) is 4.37. The summed E-state index contributed by atoms with van der Waals surface area (Å²) in [6, 6.07) is 4.69. The van der Waals surface area contributed by atoms with Gasteiger partial charge in [0.15, 0.2) is 0 Å². The second-order valence-corrected chi connectivity index (χ2v) is 4.93. The number of aliphatic hydroxyl groups excluding tert-OH is 1. The molecule has 0 saturated carbocycles. The van der Waals surface area contributed by atoms with Crippen LogP contribution in [0.2, 0.25) is 0 Å². The second kappa shape index (κ2) is 7.46. The number of aromatic nitrogens is 1. The highest BCUT2D eigenvalue weighted by Gasteiger charge is 2.17. The molecule has 4 nitrogen and oxygen atoms in total. The first-order chi connectivity index (χ1) is 8.88. The number of hydrogen-bond acceptors (Lipinski definition) is 4. The molecule has 0 aromatic carbocycles. The number of rotatable bonds is 7. The van der Waals surface area contributed by atoms with Gasteiger partial charge in [-0.25, -0.2) is 0 Å². The van der Waals surface area contributed by atoms with Crippen LogP contribution in [0.15, 0.2) is 24.5 Å². The Hall–Kier alpha value is -0.970. The maximum Gasteiger partial charge on any atom is 0.0558 e. The van der Waals surface area contributed by atoms with E-state index in [4.69, 9.17) is 5.11 Å². The third-order valence-electron chi connectivity index (χ3n) is 3.50. The molecule has 2 rings (SSSR count). The van der Waals surface area contributed by atoms with E-state index in [1.807, 2.05) is 12.3 Å². The van der Waals surface area contributed by atoms with Crippen LogP contribution in [0.4, 0.5) is 0 Å². The maximum absolute atomic E-state index is 9.13. The minimum atomic E-state index is 0.236. The molecule has 1 aliphatic rings. The number of nitrogens with one attached hydrogen (secondary N) is 1. The molecule has 4 heteroatoms. The molecule has 2 heterocycles. The van der Waals surface area contributed by atoms with Crippen LogP contribution < -0.4 is 5.32 Å². The topological polar surface area (TPSA) is 48.4 Å². The Balaban J connectivity index is 1.78. The first-order valence-electron chi connectivity index (χ1n) is 6.84. The predicted octanol–water partition coefficient (Wildman–Crippen LogP) is 0.670. The lowest BCUT2D eigenvalue weighted by atomic mass is 10.1. The van der Waals surface area contributed by atoms with E-state index in [1.165, 1.54) is 18.4 Å². The third-order valence-corrected chi connectivity index (χ3v) is 3.50. The highest BCUT2D eigenvalue weighted by molar-refractivity contribution is 5.08. The van der Waals surface area contributed by atoms with Crippen LogP contribution in [-0.2, 0) is 6.42 Å². The molecular formula is C14H23N3O. The van der Waals surface area contributed by atoms with Gasteiger partial charge in [0.2, 0.25) is 0 Å². The van der Waals surface area contributed by atoms with Gasteiger partial charge in [0.25, 0.3) is 0 Å². The molecule has 100 valence electrons. The number of nitrogens with zero attached hydrogens (tertiary/aromatic N) is 2.